The van der Waals surface area contributed by atoms with Crippen LogP contribution in [0.2, 0.25) is 0 Å². The molecule has 1 saturated heterocycles. The fourth-order valence-corrected chi connectivity index (χ4v) is 1.90. The van der Waals surface area contributed by atoms with Gasteiger partial charge in [0.1, 0.15) is 6.04 Å². The minimum atomic E-state index is -0.573. The van der Waals surface area contributed by atoms with Crippen LogP contribution in [-0.2, 0) is 9.59 Å². The molecule has 0 spiro atoms. The van der Waals surface area contributed by atoms with Crippen molar-refractivity contribution in [3.8, 4) is 0 Å². The first-order valence-electron chi connectivity index (χ1n) is 5.85. The van der Waals surface area contributed by atoms with Crippen LogP contribution in [-0.4, -0.2) is 30.4 Å². The first-order valence-corrected chi connectivity index (χ1v) is 5.85. The summed E-state index contributed by atoms with van der Waals surface area (Å²) >= 11 is 0. The minimum Gasteiger partial charge on any atom is -0.368 e. The summed E-state index contributed by atoms with van der Waals surface area (Å²) in [7, 11) is 0. The lowest BCUT2D eigenvalue weighted by Crippen LogP contribution is -2.54. The number of hydrogen-bond donors (Lipinski definition) is 3. The van der Waals surface area contributed by atoms with Crippen molar-refractivity contribution in [2.24, 2.45) is 11.7 Å². The second kappa shape index (κ2) is 5.84. The van der Waals surface area contributed by atoms with Crippen molar-refractivity contribution in [3.63, 3.8) is 0 Å². The topological polar surface area (TPSA) is 84.2 Å². The Labute approximate surface area is 96.1 Å². The number of rotatable bonds is 4. The quantitative estimate of drug-likeness (QED) is 0.619. The fourth-order valence-electron chi connectivity index (χ4n) is 1.90. The predicted octanol–water partition coefficient (Wildman–Crippen LogP) is -0.245. The number of nitrogens with two attached hydrogens (primary N) is 1. The van der Waals surface area contributed by atoms with Gasteiger partial charge in [-0.1, -0.05) is 20.3 Å². The van der Waals surface area contributed by atoms with Gasteiger partial charge in [-0.05, 0) is 25.3 Å². The monoisotopic (exact) mass is 227 g/mol. The molecule has 0 aromatic rings. The SMILES string of the molecule is CC(C)C(NC(=O)[C@@H]1CCCCN1)C(N)=O. The van der Waals surface area contributed by atoms with Gasteiger partial charge in [0.15, 0.2) is 0 Å². The molecule has 0 bridgehead atoms. The lowest BCUT2D eigenvalue weighted by atomic mass is 10.0. The Morgan fingerprint density at radius 3 is 2.50 bits per heavy atom. The van der Waals surface area contributed by atoms with E-state index in [1.54, 1.807) is 0 Å². The third kappa shape index (κ3) is 3.48. The number of amides is 2. The molecule has 5 heteroatoms. The van der Waals surface area contributed by atoms with Crippen LogP contribution in [0.25, 0.3) is 0 Å². The van der Waals surface area contributed by atoms with E-state index in [1.807, 2.05) is 13.8 Å². The van der Waals surface area contributed by atoms with E-state index in [-0.39, 0.29) is 17.9 Å². The van der Waals surface area contributed by atoms with Gasteiger partial charge < -0.3 is 16.4 Å². The molecule has 0 aliphatic carbocycles. The molecule has 2 amide bonds. The molecule has 1 fully saturated rings. The Bertz CT molecular complexity index is 260. The lowest BCUT2D eigenvalue weighted by molar-refractivity contribution is -0.129. The first kappa shape index (κ1) is 13.0. The average molecular weight is 227 g/mol. The molecular formula is C11H21N3O2. The maximum Gasteiger partial charge on any atom is 0.240 e. The van der Waals surface area contributed by atoms with E-state index >= 15 is 0 Å². The second-order valence-electron chi connectivity index (χ2n) is 4.64. The van der Waals surface area contributed by atoms with Gasteiger partial charge in [0.25, 0.3) is 0 Å². The second-order valence-corrected chi connectivity index (χ2v) is 4.64. The molecule has 92 valence electrons. The van der Waals surface area contributed by atoms with Crippen LogP contribution in [0.5, 0.6) is 0 Å². The van der Waals surface area contributed by atoms with E-state index in [2.05, 4.69) is 10.6 Å². The van der Waals surface area contributed by atoms with Crippen LogP contribution in [0.1, 0.15) is 33.1 Å². The standard InChI is InChI=1S/C11H21N3O2/c1-7(2)9(10(12)15)14-11(16)8-5-3-4-6-13-8/h7-9,13H,3-6H2,1-2H3,(H2,12,15)(H,14,16)/t8-,9?/m0/s1. The highest BCUT2D eigenvalue weighted by Gasteiger charge is 2.26. The Morgan fingerprint density at radius 2 is 2.06 bits per heavy atom. The highest BCUT2D eigenvalue weighted by Crippen LogP contribution is 2.08. The summed E-state index contributed by atoms with van der Waals surface area (Å²) in [5, 5.41) is 5.85. The van der Waals surface area contributed by atoms with Crippen LogP contribution < -0.4 is 16.4 Å². The van der Waals surface area contributed by atoms with E-state index in [0.29, 0.717) is 0 Å². The zero-order valence-electron chi connectivity index (χ0n) is 9.95. The minimum absolute atomic E-state index is 0.0186. The van der Waals surface area contributed by atoms with E-state index < -0.39 is 11.9 Å². The Morgan fingerprint density at radius 1 is 1.38 bits per heavy atom. The first-order chi connectivity index (χ1) is 7.52. The van der Waals surface area contributed by atoms with E-state index in [1.165, 1.54) is 0 Å². The largest absolute Gasteiger partial charge is 0.368 e. The number of carbonyl (C=O) groups is 2. The van der Waals surface area contributed by atoms with Crippen LogP contribution in [0.4, 0.5) is 0 Å². The summed E-state index contributed by atoms with van der Waals surface area (Å²) in [5.74, 6) is -0.568. The van der Waals surface area contributed by atoms with Crippen molar-refractivity contribution in [2.75, 3.05) is 6.54 Å². The number of primary amides is 1. The van der Waals surface area contributed by atoms with Crippen molar-refractivity contribution < 1.29 is 9.59 Å². The van der Waals surface area contributed by atoms with Crippen LogP contribution in [0.3, 0.4) is 0 Å². The molecule has 1 aliphatic rings. The number of nitrogens with one attached hydrogen (secondary N) is 2. The summed E-state index contributed by atoms with van der Waals surface area (Å²) in [6.07, 6.45) is 2.98. The highest BCUT2D eigenvalue weighted by atomic mass is 16.2. The van der Waals surface area contributed by atoms with Crippen molar-refractivity contribution in [1.29, 1.82) is 0 Å². The number of piperidine rings is 1. The molecule has 16 heavy (non-hydrogen) atoms. The third-order valence-corrected chi connectivity index (χ3v) is 2.90. The zero-order chi connectivity index (χ0) is 12.1. The molecule has 5 nitrogen and oxygen atoms in total. The Kier molecular flexibility index (Phi) is 4.73. The van der Waals surface area contributed by atoms with Gasteiger partial charge in [0.05, 0.1) is 6.04 Å². The van der Waals surface area contributed by atoms with Gasteiger partial charge in [-0.3, -0.25) is 9.59 Å². The number of carbonyl (C=O) groups excluding carboxylic acids is 2. The average Bonchev–Trinajstić information content (AvgIpc) is 2.25. The summed E-state index contributed by atoms with van der Waals surface area (Å²) < 4.78 is 0. The van der Waals surface area contributed by atoms with E-state index in [0.717, 1.165) is 25.8 Å². The van der Waals surface area contributed by atoms with Crippen LogP contribution in [0, 0.1) is 5.92 Å². The summed E-state index contributed by atoms with van der Waals surface area (Å²) in [4.78, 5) is 23.0. The Hall–Kier alpha value is -1.10. The van der Waals surface area contributed by atoms with E-state index in [9.17, 15) is 9.59 Å². The summed E-state index contributed by atoms with van der Waals surface area (Å²) in [6.45, 7) is 4.59. The molecule has 0 aromatic heterocycles. The third-order valence-electron chi connectivity index (χ3n) is 2.90. The van der Waals surface area contributed by atoms with E-state index in [4.69, 9.17) is 5.73 Å². The van der Waals surface area contributed by atoms with Crippen molar-refractivity contribution in [3.05, 3.63) is 0 Å². The van der Waals surface area contributed by atoms with Gasteiger partial charge in [0.2, 0.25) is 11.8 Å². The maximum absolute atomic E-state index is 11.8. The van der Waals surface area contributed by atoms with Gasteiger partial charge in [-0.15, -0.1) is 0 Å². The maximum atomic E-state index is 11.8. The highest BCUT2D eigenvalue weighted by molar-refractivity contribution is 5.89. The molecule has 1 aliphatic heterocycles. The number of hydrogen-bond acceptors (Lipinski definition) is 3. The molecule has 0 radical (unpaired) electrons. The van der Waals surface area contributed by atoms with Crippen LogP contribution >= 0.6 is 0 Å². The van der Waals surface area contributed by atoms with Crippen LogP contribution in [0.15, 0.2) is 0 Å². The molecule has 1 unspecified atom stereocenters. The van der Waals surface area contributed by atoms with Gasteiger partial charge in [-0.25, -0.2) is 0 Å². The molecule has 0 aromatic carbocycles. The fraction of sp³-hybridized carbons (Fsp3) is 0.818. The predicted molar refractivity (Wildman–Crippen MR) is 61.6 cm³/mol. The van der Waals surface area contributed by atoms with Gasteiger partial charge >= 0.3 is 0 Å². The van der Waals surface area contributed by atoms with Crippen molar-refractivity contribution >= 4 is 11.8 Å². The van der Waals surface area contributed by atoms with Crippen molar-refractivity contribution in [2.45, 2.75) is 45.2 Å². The normalized spacial score (nSPS) is 22.8. The molecule has 0 saturated carbocycles. The summed E-state index contributed by atoms with van der Waals surface area (Å²) in [5.41, 5.74) is 5.24. The zero-order valence-corrected chi connectivity index (χ0v) is 9.95. The van der Waals surface area contributed by atoms with Crippen molar-refractivity contribution in [1.82, 2.24) is 10.6 Å². The van der Waals surface area contributed by atoms with Gasteiger partial charge in [0, 0.05) is 0 Å². The van der Waals surface area contributed by atoms with Gasteiger partial charge in [-0.2, -0.15) is 0 Å². The summed E-state index contributed by atoms with van der Waals surface area (Å²) in [6, 6.07) is -0.745. The molecule has 1 heterocycles. The molecule has 1 rings (SSSR count). The molecular weight excluding hydrogens is 206 g/mol. The molecule has 4 N–H and O–H groups in total. The smallest absolute Gasteiger partial charge is 0.240 e. The molecule has 2 atom stereocenters. The Balaban J connectivity index is 2.50. The lowest BCUT2D eigenvalue weighted by Gasteiger charge is -2.26.